The van der Waals surface area contributed by atoms with Crippen molar-refractivity contribution in [3.05, 3.63) is 32.1 Å². The molecule has 0 bridgehead atoms. The van der Waals surface area contributed by atoms with Crippen LogP contribution in [0.4, 0.5) is 5.13 Å². The van der Waals surface area contributed by atoms with Gasteiger partial charge in [0.15, 0.2) is 0 Å². The van der Waals surface area contributed by atoms with Gasteiger partial charge in [0.1, 0.15) is 20.8 Å². The molecular weight excluding hydrogens is 414 g/mol. The molecule has 1 unspecified atom stereocenters. The van der Waals surface area contributed by atoms with Crippen molar-refractivity contribution in [1.82, 2.24) is 19.7 Å². The number of thiophene rings is 1. The Hall–Kier alpha value is -2.66. The normalized spacial score (nSPS) is 12.3. The van der Waals surface area contributed by atoms with E-state index in [0.717, 1.165) is 22.8 Å². The van der Waals surface area contributed by atoms with E-state index < -0.39 is 17.9 Å². The van der Waals surface area contributed by atoms with Crippen molar-refractivity contribution in [3.8, 4) is 0 Å². The fourth-order valence-electron chi connectivity index (χ4n) is 2.66. The van der Waals surface area contributed by atoms with E-state index in [1.54, 1.807) is 27.7 Å². The number of nitrogens with zero attached hydrogens (tertiary/aromatic N) is 4. The zero-order valence-corrected chi connectivity index (χ0v) is 18.3. The first-order valence-corrected chi connectivity index (χ1v) is 10.7. The van der Waals surface area contributed by atoms with E-state index in [1.165, 1.54) is 22.2 Å². The van der Waals surface area contributed by atoms with Crippen molar-refractivity contribution >= 4 is 49.9 Å². The maximum atomic E-state index is 13.0. The van der Waals surface area contributed by atoms with Gasteiger partial charge in [-0.2, -0.15) is 0 Å². The number of nitrogens with one attached hydrogen (secondary N) is 1. The van der Waals surface area contributed by atoms with Crippen LogP contribution in [0.3, 0.4) is 0 Å². The van der Waals surface area contributed by atoms with Gasteiger partial charge in [0.05, 0.1) is 17.8 Å². The molecule has 0 aliphatic carbocycles. The van der Waals surface area contributed by atoms with E-state index in [-0.39, 0.29) is 11.7 Å². The molecule has 0 aliphatic heterocycles. The quantitative estimate of drug-likeness (QED) is 0.592. The summed E-state index contributed by atoms with van der Waals surface area (Å²) in [5.41, 5.74) is 0.119. The van der Waals surface area contributed by atoms with E-state index in [2.05, 4.69) is 20.5 Å². The molecule has 0 aromatic carbocycles. The second-order valence-corrected chi connectivity index (χ2v) is 8.73. The third-order valence-corrected chi connectivity index (χ3v) is 6.36. The highest BCUT2D eigenvalue weighted by Gasteiger charge is 2.24. The van der Waals surface area contributed by atoms with Crippen LogP contribution in [0.1, 0.15) is 54.0 Å². The van der Waals surface area contributed by atoms with Crippen LogP contribution in [0.2, 0.25) is 0 Å². The third kappa shape index (κ3) is 4.20. The molecule has 0 radical (unpaired) electrons. The molecule has 29 heavy (non-hydrogen) atoms. The number of ether oxygens (including phenoxy) is 1. The van der Waals surface area contributed by atoms with Crippen LogP contribution in [0.25, 0.3) is 10.2 Å². The fourth-order valence-corrected chi connectivity index (χ4v) is 4.36. The second-order valence-electron chi connectivity index (χ2n) is 6.67. The number of fused-ring (bicyclic) bond motifs is 1. The Balaban J connectivity index is 1.92. The largest absolute Gasteiger partial charge is 0.459 e. The monoisotopic (exact) mass is 435 g/mol. The summed E-state index contributed by atoms with van der Waals surface area (Å²) in [5.74, 6) is -0.889. The smallest absolute Gasteiger partial charge is 0.348 e. The number of anilines is 1. The van der Waals surface area contributed by atoms with E-state index in [9.17, 15) is 14.4 Å². The lowest BCUT2D eigenvalue weighted by atomic mass is 10.2. The van der Waals surface area contributed by atoms with Gasteiger partial charge >= 0.3 is 5.97 Å². The molecule has 0 fully saturated rings. The van der Waals surface area contributed by atoms with Crippen molar-refractivity contribution in [2.75, 3.05) is 5.32 Å². The molecule has 1 N–H and O–H groups in total. The average molecular weight is 436 g/mol. The number of carbonyl (C=O) groups is 2. The molecule has 0 saturated heterocycles. The minimum Gasteiger partial charge on any atom is -0.459 e. The van der Waals surface area contributed by atoms with Crippen LogP contribution in [-0.4, -0.2) is 37.7 Å². The molecule has 3 aromatic heterocycles. The van der Waals surface area contributed by atoms with Gasteiger partial charge in [-0.1, -0.05) is 18.3 Å². The summed E-state index contributed by atoms with van der Waals surface area (Å²) < 4.78 is 6.49. The summed E-state index contributed by atoms with van der Waals surface area (Å²) in [5, 5.41) is 12.1. The molecule has 3 rings (SSSR count). The molecule has 154 valence electrons. The van der Waals surface area contributed by atoms with Gasteiger partial charge in [-0.15, -0.1) is 21.5 Å². The molecule has 0 aliphatic rings. The number of esters is 1. The van der Waals surface area contributed by atoms with E-state index in [1.807, 2.05) is 6.92 Å². The summed E-state index contributed by atoms with van der Waals surface area (Å²) in [6, 6.07) is -0.821. The summed E-state index contributed by atoms with van der Waals surface area (Å²) in [7, 11) is 0. The highest BCUT2D eigenvalue weighted by molar-refractivity contribution is 7.20. The number of aryl methyl sites for hydroxylation is 2. The number of hydrogen-bond acceptors (Lipinski definition) is 9. The van der Waals surface area contributed by atoms with E-state index in [4.69, 9.17) is 4.74 Å². The number of rotatable bonds is 6. The number of carbonyl (C=O) groups excluding carboxylic acids is 2. The predicted molar refractivity (Wildman–Crippen MR) is 112 cm³/mol. The molecule has 3 aromatic rings. The zero-order valence-electron chi connectivity index (χ0n) is 16.7. The first-order valence-electron chi connectivity index (χ1n) is 9.07. The lowest BCUT2D eigenvalue weighted by Gasteiger charge is -2.13. The Kier molecular flexibility index (Phi) is 6.08. The Morgan fingerprint density at radius 3 is 2.59 bits per heavy atom. The lowest BCUT2D eigenvalue weighted by molar-refractivity contribution is -0.118. The molecule has 0 spiro atoms. The third-order valence-electron chi connectivity index (χ3n) is 4.20. The summed E-state index contributed by atoms with van der Waals surface area (Å²) in [6.07, 6.45) is 1.77. The standard InChI is InChI=1S/C18H21N5O4S2/c1-6-11-21-22-18(28-11)20-14(24)10(5)23-7-19-15-12(16(23)25)9(4)13(29-15)17(26)27-8(2)3/h7-8,10H,6H2,1-5H3,(H,20,22,24). The number of hydrogen-bond donors (Lipinski definition) is 1. The summed E-state index contributed by atoms with van der Waals surface area (Å²) >= 11 is 2.40. The van der Waals surface area contributed by atoms with Crippen LogP contribution in [0, 0.1) is 6.92 Å². The van der Waals surface area contributed by atoms with E-state index >= 15 is 0 Å². The Bertz CT molecular complexity index is 1130. The van der Waals surface area contributed by atoms with Gasteiger partial charge in [0.25, 0.3) is 5.56 Å². The summed E-state index contributed by atoms with van der Waals surface area (Å²) in [4.78, 5) is 43.0. The Morgan fingerprint density at radius 1 is 1.24 bits per heavy atom. The lowest BCUT2D eigenvalue weighted by Crippen LogP contribution is -2.31. The minimum atomic E-state index is -0.821. The van der Waals surface area contributed by atoms with Gasteiger partial charge in [0.2, 0.25) is 11.0 Å². The first-order chi connectivity index (χ1) is 13.7. The van der Waals surface area contributed by atoms with Gasteiger partial charge in [-0.25, -0.2) is 9.78 Å². The van der Waals surface area contributed by atoms with Gasteiger partial charge in [-0.05, 0) is 39.7 Å². The van der Waals surface area contributed by atoms with Gasteiger partial charge in [0, 0.05) is 0 Å². The molecule has 1 amide bonds. The van der Waals surface area contributed by atoms with Gasteiger partial charge in [-0.3, -0.25) is 19.5 Å². The molecule has 1 atom stereocenters. The summed E-state index contributed by atoms with van der Waals surface area (Å²) in [6.45, 7) is 8.74. The SMILES string of the molecule is CCc1nnc(NC(=O)C(C)n2cnc3sc(C(=O)OC(C)C)c(C)c3c2=O)s1. The highest BCUT2D eigenvalue weighted by Crippen LogP contribution is 2.28. The number of amides is 1. The van der Waals surface area contributed by atoms with Crippen LogP contribution >= 0.6 is 22.7 Å². The fraction of sp³-hybridized carbons (Fsp3) is 0.444. The van der Waals surface area contributed by atoms with Crippen molar-refractivity contribution in [2.45, 2.75) is 53.2 Å². The van der Waals surface area contributed by atoms with Crippen molar-refractivity contribution in [2.24, 2.45) is 0 Å². The zero-order chi connectivity index (χ0) is 21.3. The molecule has 9 nitrogen and oxygen atoms in total. The van der Waals surface area contributed by atoms with Crippen molar-refractivity contribution < 1.29 is 14.3 Å². The maximum Gasteiger partial charge on any atom is 0.348 e. The van der Waals surface area contributed by atoms with Crippen LogP contribution in [0.15, 0.2) is 11.1 Å². The topological polar surface area (TPSA) is 116 Å². The van der Waals surface area contributed by atoms with Gasteiger partial charge < -0.3 is 4.74 Å². The Labute approximate surface area is 174 Å². The van der Waals surface area contributed by atoms with Crippen LogP contribution in [0.5, 0.6) is 0 Å². The molecule has 11 heteroatoms. The number of aromatic nitrogens is 4. The highest BCUT2D eigenvalue weighted by atomic mass is 32.1. The first kappa shape index (κ1) is 21.1. The second kappa shape index (κ2) is 8.37. The average Bonchev–Trinajstić information content (AvgIpc) is 3.25. The molecule has 3 heterocycles. The van der Waals surface area contributed by atoms with Crippen molar-refractivity contribution in [1.29, 1.82) is 0 Å². The molecule has 0 saturated carbocycles. The molecular formula is C18H21N5O4S2. The van der Waals surface area contributed by atoms with E-state index in [0.29, 0.717) is 25.8 Å². The van der Waals surface area contributed by atoms with Crippen molar-refractivity contribution in [3.63, 3.8) is 0 Å². The van der Waals surface area contributed by atoms with Crippen LogP contribution < -0.4 is 10.9 Å². The predicted octanol–water partition coefficient (Wildman–Crippen LogP) is 2.95. The Morgan fingerprint density at radius 2 is 1.97 bits per heavy atom. The maximum absolute atomic E-state index is 13.0. The minimum absolute atomic E-state index is 0.269. The van der Waals surface area contributed by atoms with Crippen LogP contribution in [-0.2, 0) is 16.0 Å².